The largest absolute Gasteiger partial charge is 0.469 e. The molecule has 1 amide bonds. The van der Waals surface area contributed by atoms with Gasteiger partial charge in [-0.15, -0.1) is 0 Å². The maximum absolute atomic E-state index is 11.8. The molecule has 0 spiro atoms. The molecule has 0 aliphatic heterocycles. The van der Waals surface area contributed by atoms with Crippen LogP contribution in [0.1, 0.15) is 36.9 Å². The summed E-state index contributed by atoms with van der Waals surface area (Å²) < 4.78 is 5.16. The minimum atomic E-state index is -0.612. The number of aliphatic hydroxyl groups excluding tert-OH is 1. The molecule has 0 saturated carbocycles. The van der Waals surface area contributed by atoms with E-state index in [9.17, 15) is 4.79 Å². The second kappa shape index (κ2) is 4.49. The molecule has 15 heavy (non-hydrogen) atoms. The Hall–Kier alpha value is -1.29. The van der Waals surface area contributed by atoms with E-state index in [1.807, 2.05) is 6.92 Å². The van der Waals surface area contributed by atoms with Crippen LogP contribution >= 0.6 is 0 Å². The highest BCUT2D eigenvalue weighted by Crippen LogP contribution is 2.12. The van der Waals surface area contributed by atoms with Gasteiger partial charge in [-0.1, -0.05) is 6.92 Å². The summed E-state index contributed by atoms with van der Waals surface area (Å²) >= 11 is 0. The molecule has 1 aromatic heterocycles. The molecule has 0 bridgehead atoms. The minimum absolute atomic E-state index is 0.0992. The maximum atomic E-state index is 11.8. The number of hydrogen-bond acceptors (Lipinski definition) is 3. The number of nitrogens with one attached hydrogen (secondary N) is 1. The first-order valence-electron chi connectivity index (χ1n) is 5.00. The van der Waals surface area contributed by atoms with E-state index in [1.165, 1.54) is 6.26 Å². The summed E-state index contributed by atoms with van der Waals surface area (Å²) in [6.45, 7) is 5.35. The van der Waals surface area contributed by atoms with E-state index in [1.54, 1.807) is 19.9 Å². The molecule has 0 fully saturated rings. The zero-order valence-corrected chi connectivity index (χ0v) is 9.33. The summed E-state index contributed by atoms with van der Waals surface area (Å²) in [5.74, 6) is 0.459. The molecule has 1 aromatic rings. The van der Waals surface area contributed by atoms with Crippen LogP contribution in [0, 0.1) is 0 Å². The monoisotopic (exact) mass is 211 g/mol. The van der Waals surface area contributed by atoms with E-state index in [0.717, 1.165) is 0 Å². The third kappa shape index (κ3) is 2.83. The highest BCUT2D eigenvalue weighted by Gasteiger charge is 2.22. The van der Waals surface area contributed by atoms with Gasteiger partial charge in [0.15, 0.2) is 0 Å². The summed E-state index contributed by atoms with van der Waals surface area (Å²) in [7, 11) is 0. The normalized spacial score (nSPS) is 11.5. The van der Waals surface area contributed by atoms with Crippen molar-refractivity contribution < 1.29 is 14.3 Å². The van der Waals surface area contributed by atoms with Crippen molar-refractivity contribution in [2.75, 3.05) is 6.61 Å². The van der Waals surface area contributed by atoms with E-state index in [0.29, 0.717) is 17.7 Å². The van der Waals surface area contributed by atoms with E-state index in [4.69, 9.17) is 9.52 Å². The van der Waals surface area contributed by atoms with Crippen molar-refractivity contribution in [1.29, 1.82) is 0 Å². The molecule has 1 heterocycles. The lowest BCUT2D eigenvalue weighted by Crippen LogP contribution is -2.46. The van der Waals surface area contributed by atoms with Gasteiger partial charge in [-0.2, -0.15) is 0 Å². The highest BCUT2D eigenvalue weighted by atomic mass is 16.3. The van der Waals surface area contributed by atoms with E-state index < -0.39 is 5.54 Å². The third-order valence-corrected chi connectivity index (χ3v) is 2.16. The lowest BCUT2D eigenvalue weighted by Gasteiger charge is -2.23. The summed E-state index contributed by atoms with van der Waals surface area (Å²) in [5, 5.41) is 11.8. The average Bonchev–Trinajstić information content (AvgIpc) is 2.64. The second-order valence-corrected chi connectivity index (χ2v) is 4.11. The smallest absolute Gasteiger partial charge is 0.255 e. The van der Waals surface area contributed by atoms with Crippen molar-refractivity contribution >= 4 is 5.91 Å². The zero-order chi connectivity index (χ0) is 11.5. The number of carbonyl (C=O) groups is 1. The van der Waals surface area contributed by atoms with Gasteiger partial charge >= 0.3 is 0 Å². The number of amides is 1. The lowest BCUT2D eigenvalue weighted by atomic mass is 10.1. The van der Waals surface area contributed by atoms with Crippen LogP contribution < -0.4 is 5.32 Å². The first kappa shape index (κ1) is 11.8. The van der Waals surface area contributed by atoms with Crippen LogP contribution in [0.5, 0.6) is 0 Å². The van der Waals surface area contributed by atoms with Gasteiger partial charge in [-0.05, 0) is 19.9 Å². The SMILES string of the molecule is CCc1occc1C(=O)NC(C)(C)CO. The molecule has 0 aromatic carbocycles. The molecule has 4 nitrogen and oxygen atoms in total. The van der Waals surface area contributed by atoms with Gasteiger partial charge in [0, 0.05) is 6.42 Å². The molecule has 0 radical (unpaired) electrons. The van der Waals surface area contributed by atoms with Gasteiger partial charge in [0.25, 0.3) is 5.91 Å². The van der Waals surface area contributed by atoms with Crippen LogP contribution in [0.3, 0.4) is 0 Å². The van der Waals surface area contributed by atoms with Gasteiger partial charge in [0.05, 0.1) is 24.0 Å². The molecule has 0 saturated heterocycles. The van der Waals surface area contributed by atoms with E-state index in [2.05, 4.69) is 5.32 Å². The Morgan fingerprint density at radius 3 is 2.80 bits per heavy atom. The molecule has 0 aliphatic carbocycles. The van der Waals surface area contributed by atoms with Crippen LogP contribution in [0.4, 0.5) is 0 Å². The summed E-state index contributed by atoms with van der Waals surface area (Å²) in [4.78, 5) is 11.8. The Morgan fingerprint density at radius 2 is 2.27 bits per heavy atom. The van der Waals surface area contributed by atoms with Crippen molar-refractivity contribution in [2.24, 2.45) is 0 Å². The van der Waals surface area contributed by atoms with E-state index >= 15 is 0 Å². The van der Waals surface area contributed by atoms with Crippen molar-refractivity contribution in [2.45, 2.75) is 32.7 Å². The molecule has 84 valence electrons. The van der Waals surface area contributed by atoms with Crippen molar-refractivity contribution in [3.63, 3.8) is 0 Å². The Kier molecular flexibility index (Phi) is 3.52. The quantitative estimate of drug-likeness (QED) is 0.790. The number of hydrogen-bond donors (Lipinski definition) is 2. The van der Waals surface area contributed by atoms with Gasteiger partial charge < -0.3 is 14.8 Å². The molecule has 0 unspecified atom stereocenters. The van der Waals surface area contributed by atoms with Gasteiger partial charge in [-0.3, -0.25) is 4.79 Å². The Labute approximate surface area is 89.3 Å². The fourth-order valence-electron chi connectivity index (χ4n) is 1.23. The number of furan rings is 1. The first-order chi connectivity index (χ1) is 7.00. The third-order valence-electron chi connectivity index (χ3n) is 2.16. The Balaban J connectivity index is 2.78. The molecule has 0 aliphatic rings. The van der Waals surface area contributed by atoms with Crippen LogP contribution in [-0.2, 0) is 6.42 Å². The van der Waals surface area contributed by atoms with Crippen LogP contribution in [0.15, 0.2) is 16.7 Å². The predicted molar refractivity (Wildman–Crippen MR) is 56.7 cm³/mol. The number of aryl methyl sites for hydroxylation is 1. The first-order valence-corrected chi connectivity index (χ1v) is 5.00. The standard InChI is InChI=1S/C11H17NO3/c1-4-9-8(5-6-15-9)10(14)12-11(2,3)7-13/h5-6,13H,4,7H2,1-3H3,(H,12,14). The van der Waals surface area contributed by atoms with Gasteiger partial charge in [0.1, 0.15) is 5.76 Å². The van der Waals surface area contributed by atoms with Crippen molar-refractivity contribution in [3.05, 3.63) is 23.7 Å². The van der Waals surface area contributed by atoms with Crippen molar-refractivity contribution in [3.8, 4) is 0 Å². The summed E-state index contributed by atoms with van der Waals surface area (Å²) in [6.07, 6.45) is 2.18. The van der Waals surface area contributed by atoms with Crippen LogP contribution in [0.2, 0.25) is 0 Å². The number of aliphatic hydroxyl groups is 1. The minimum Gasteiger partial charge on any atom is -0.469 e. The average molecular weight is 211 g/mol. The fourth-order valence-corrected chi connectivity index (χ4v) is 1.23. The predicted octanol–water partition coefficient (Wildman–Crippen LogP) is 1.34. The van der Waals surface area contributed by atoms with Gasteiger partial charge in [-0.25, -0.2) is 0 Å². The zero-order valence-electron chi connectivity index (χ0n) is 9.33. The molecule has 1 rings (SSSR count). The van der Waals surface area contributed by atoms with Crippen LogP contribution in [-0.4, -0.2) is 23.2 Å². The fraction of sp³-hybridized carbons (Fsp3) is 0.545. The van der Waals surface area contributed by atoms with Crippen molar-refractivity contribution in [1.82, 2.24) is 5.32 Å². The van der Waals surface area contributed by atoms with E-state index in [-0.39, 0.29) is 12.5 Å². The number of rotatable bonds is 4. The topological polar surface area (TPSA) is 62.5 Å². The number of carbonyl (C=O) groups excluding carboxylic acids is 1. The van der Waals surface area contributed by atoms with Crippen LogP contribution in [0.25, 0.3) is 0 Å². The molecular weight excluding hydrogens is 194 g/mol. The molecule has 0 atom stereocenters. The highest BCUT2D eigenvalue weighted by molar-refractivity contribution is 5.95. The van der Waals surface area contributed by atoms with Gasteiger partial charge in [0.2, 0.25) is 0 Å². The molecular formula is C11H17NO3. The maximum Gasteiger partial charge on any atom is 0.255 e. The lowest BCUT2D eigenvalue weighted by molar-refractivity contribution is 0.0867. The summed E-state index contributed by atoms with van der Waals surface area (Å²) in [5.41, 5.74) is -0.0710. The Morgan fingerprint density at radius 1 is 1.60 bits per heavy atom. The summed E-state index contributed by atoms with van der Waals surface area (Å²) in [6, 6.07) is 1.64. The second-order valence-electron chi connectivity index (χ2n) is 4.11. The molecule has 4 heteroatoms. The molecule has 2 N–H and O–H groups in total. The Bertz CT molecular complexity index is 341.